The van der Waals surface area contributed by atoms with Crippen molar-refractivity contribution in [2.75, 3.05) is 12.4 Å². The van der Waals surface area contributed by atoms with Crippen molar-refractivity contribution >= 4 is 11.7 Å². The van der Waals surface area contributed by atoms with Crippen LogP contribution in [0.1, 0.15) is 57.5 Å². The second-order valence-corrected chi connectivity index (χ2v) is 6.24. The first-order valence-electron chi connectivity index (χ1n) is 8.23. The lowest BCUT2D eigenvalue weighted by molar-refractivity contribution is 0.0598. The fourth-order valence-corrected chi connectivity index (χ4v) is 2.86. The molecule has 128 valence electrons. The molecule has 2 aromatic heterocycles. The van der Waals surface area contributed by atoms with E-state index in [1.807, 2.05) is 26.0 Å². The molecule has 0 unspecified atom stereocenters. The van der Waals surface area contributed by atoms with Crippen LogP contribution in [0.4, 0.5) is 5.69 Å². The van der Waals surface area contributed by atoms with Gasteiger partial charge in [-0.05, 0) is 44.9 Å². The summed E-state index contributed by atoms with van der Waals surface area (Å²) in [6, 6.07) is 7.64. The summed E-state index contributed by atoms with van der Waals surface area (Å²) in [4.78, 5) is 20.9. The topological polar surface area (TPSA) is 87.9 Å². The third-order valence-corrected chi connectivity index (χ3v) is 4.25. The van der Waals surface area contributed by atoms with Gasteiger partial charge in [0.1, 0.15) is 6.07 Å². The van der Waals surface area contributed by atoms with E-state index in [-0.39, 0.29) is 5.97 Å². The number of hydrogen-bond acceptors (Lipinski definition) is 6. The molecule has 0 bridgehead atoms. The number of nitrogens with one attached hydrogen (secondary N) is 1. The van der Waals surface area contributed by atoms with Gasteiger partial charge in [0.25, 0.3) is 0 Å². The van der Waals surface area contributed by atoms with E-state index in [4.69, 9.17) is 4.74 Å². The van der Waals surface area contributed by atoms with E-state index in [9.17, 15) is 10.1 Å². The molecular formula is C19H20N4O2. The van der Waals surface area contributed by atoms with Gasteiger partial charge < -0.3 is 10.1 Å². The second-order valence-electron chi connectivity index (χ2n) is 6.24. The Kier molecular flexibility index (Phi) is 4.66. The van der Waals surface area contributed by atoms with Crippen LogP contribution in [0.3, 0.4) is 0 Å². The highest BCUT2D eigenvalue weighted by molar-refractivity contribution is 5.90. The Morgan fingerprint density at radius 2 is 2.12 bits per heavy atom. The quantitative estimate of drug-likeness (QED) is 0.843. The highest BCUT2D eigenvalue weighted by Crippen LogP contribution is 2.40. The molecule has 1 N–H and O–H groups in total. The van der Waals surface area contributed by atoms with Crippen molar-refractivity contribution in [2.24, 2.45) is 0 Å². The van der Waals surface area contributed by atoms with Gasteiger partial charge in [-0.2, -0.15) is 5.26 Å². The fraction of sp³-hybridized carbons (Fsp3) is 0.368. The molecule has 1 fully saturated rings. The molecule has 2 heterocycles. The van der Waals surface area contributed by atoms with E-state index in [1.54, 1.807) is 6.07 Å². The Labute approximate surface area is 146 Å². The molecular weight excluding hydrogens is 316 g/mol. The number of rotatable bonds is 5. The number of pyridine rings is 2. The minimum Gasteiger partial charge on any atom is -0.465 e. The van der Waals surface area contributed by atoms with Gasteiger partial charge in [-0.1, -0.05) is 0 Å². The Balaban J connectivity index is 1.84. The SMILES string of the molecule is COC(=O)c1ccc(CNc2cc(C)nc(C)c2C#N)nc1C1CC1. The number of nitrogens with zero attached hydrogens (tertiary/aromatic N) is 3. The number of carbonyl (C=O) groups is 1. The largest absolute Gasteiger partial charge is 0.465 e. The van der Waals surface area contributed by atoms with Gasteiger partial charge in [0.2, 0.25) is 0 Å². The monoisotopic (exact) mass is 336 g/mol. The van der Waals surface area contributed by atoms with Crippen LogP contribution in [0, 0.1) is 25.2 Å². The Morgan fingerprint density at radius 1 is 1.36 bits per heavy atom. The smallest absolute Gasteiger partial charge is 0.339 e. The van der Waals surface area contributed by atoms with Gasteiger partial charge in [0.05, 0.1) is 47.6 Å². The summed E-state index contributed by atoms with van der Waals surface area (Å²) in [6.07, 6.45) is 2.10. The fourth-order valence-electron chi connectivity index (χ4n) is 2.86. The maximum atomic E-state index is 11.9. The van der Waals surface area contributed by atoms with Crippen molar-refractivity contribution in [1.82, 2.24) is 9.97 Å². The lowest BCUT2D eigenvalue weighted by atomic mass is 10.1. The minimum atomic E-state index is -0.346. The molecule has 0 amide bonds. The predicted octanol–water partition coefficient (Wildman–Crippen LogP) is 3.24. The number of aryl methyl sites for hydroxylation is 2. The van der Waals surface area contributed by atoms with Crippen LogP contribution in [-0.2, 0) is 11.3 Å². The lowest BCUT2D eigenvalue weighted by Crippen LogP contribution is -2.11. The van der Waals surface area contributed by atoms with Crippen LogP contribution >= 0.6 is 0 Å². The number of esters is 1. The van der Waals surface area contributed by atoms with Crippen LogP contribution in [0.5, 0.6) is 0 Å². The summed E-state index contributed by atoms with van der Waals surface area (Å²) in [7, 11) is 1.38. The van der Waals surface area contributed by atoms with Crippen molar-refractivity contribution in [1.29, 1.82) is 5.26 Å². The van der Waals surface area contributed by atoms with E-state index < -0.39 is 0 Å². The first kappa shape index (κ1) is 16.9. The first-order chi connectivity index (χ1) is 12.0. The summed E-state index contributed by atoms with van der Waals surface area (Å²) >= 11 is 0. The standard InChI is InChI=1S/C19H20N4O2/c1-11-8-17(16(9-20)12(2)22-11)21-10-14-6-7-15(19(24)25-3)18(23-14)13-4-5-13/h6-8,13H,4-5,10H2,1-3H3,(H,21,22). The van der Waals surface area contributed by atoms with Gasteiger partial charge in [0, 0.05) is 11.6 Å². The Morgan fingerprint density at radius 3 is 2.76 bits per heavy atom. The highest BCUT2D eigenvalue weighted by atomic mass is 16.5. The van der Waals surface area contributed by atoms with Crippen molar-refractivity contribution in [2.45, 2.75) is 39.2 Å². The van der Waals surface area contributed by atoms with Crippen LogP contribution in [0.2, 0.25) is 0 Å². The second kappa shape index (κ2) is 6.89. The summed E-state index contributed by atoms with van der Waals surface area (Å²) < 4.78 is 4.84. The predicted molar refractivity (Wildman–Crippen MR) is 93.3 cm³/mol. The van der Waals surface area contributed by atoms with Crippen molar-refractivity contribution in [3.05, 3.63) is 52.1 Å². The van der Waals surface area contributed by atoms with Gasteiger partial charge in [0.15, 0.2) is 0 Å². The van der Waals surface area contributed by atoms with Crippen molar-refractivity contribution < 1.29 is 9.53 Å². The van der Waals surface area contributed by atoms with Crippen LogP contribution in [0.15, 0.2) is 18.2 Å². The molecule has 1 aliphatic carbocycles. The number of aromatic nitrogens is 2. The number of methoxy groups -OCH3 is 1. The molecule has 25 heavy (non-hydrogen) atoms. The van der Waals surface area contributed by atoms with E-state index in [1.165, 1.54) is 7.11 Å². The molecule has 0 atom stereocenters. The molecule has 0 saturated heterocycles. The van der Waals surface area contributed by atoms with Gasteiger partial charge in [-0.25, -0.2) is 4.79 Å². The maximum Gasteiger partial charge on any atom is 0.339 e. The Hall–Kier alpha value is -2.94. The van der Waals surface area contributed by atoms with E-state index in [0.717, 1.165) is 35.6 Å². The van der Waals surface area contributed by atoms with E-state index in [0.29, 0.717) is 29.3 Å². The summed E-state index contributed by atoms with van der Waals surface area (Å²) in [5, 5.41) is 12.6. The minimum absolute atomic E-state index is 0.342. The normalized spacial score (nSPS) is 13.2. The lowest BCUT2D eigenvalue weighted by Gasteiger charge is -2.12. The molecule has 1 saturated carbocycles. The zero-order valence-corrected chi connectivity index (χ0v) is 14.6. The van der Waals surface area contributed by atoms with Crippen LogP contribution in [-0.4, -0.2) is 23.0 Å². The van der Waals surface area contributed by atoms with E-state index in [2.05, 4.69) is 21.4 Å². The van der Waals surface area contributed by atoms with E-state index >= 15 is 0 Å². The molecule has 2 aromatic rings. The maximum absolute atomic E-state index is 11.9. The van der Waals surface area contributed by atoms with Crippen molar-refractivity contribution in [3.63, 3.8) is 0 Å². The van der Waals surface area contributed by atoms with Crippen LogP contribution in [0.25, 0.3) is 0 Å². The average Bonchev–Trinajstić information content (AvgIpc) is 3.43. The van der Waals surface area contributed by atoms with Crippen molar-refractivity contribution in [3.8, 4) is 6.07 Å². The number of hydrogen-bond donors (Lipinski definition) is 1. The first-order valence-corrected chi connectivity index (χ1v) is 8.23. The molecule has 6 nitrogen and oxygen atoms in total. The third-order valence-electron chi connectivity index (χ3n) is 4.25. The number of ether oxygens (including phenoxy) is 1. The molecule has 6 heteroatoms. The summed E-state index contributed by atoms with van der Waals surface area (Å²) in [6.45, 7) is 4.19. The molecule has 0 aliphatic heterocycles. The molecule has 1 aliphatic rings. The van der Waals surface area contributed by atoms with Gasteiger partial charge >= 0.3 is 5.97 Å². The average molecular weight is 336 g/mol. The molecule has 3 rings (SSSR count). The number of anilines is 1. The Bertz CT molecular complexity index is 866. The zero-order valence-electron chi connectivity index (χ0n) is 14.6. The summed E-state index contributed by atoms with van der Waals surface area (Å²) in [5.74, 6) is -0.00445. The highest BCUT2D eigenvalue weighted by Gasteiger charge is 2.30. The molecule has 0 radical (unpaired) electrons. The molecule has 0 aromatic carbocycles. The third kappa shape index (κ3) is 3.61. The van der Waals surface area contributed by atoms with Gasteiger partial charge in [-0.15, -0.1) is 0 Å². The molecule has 0 spiro atoms. The zero-order chi connectivity index (χ0) is 18.0. The number of carbonyl (C=O) groups excluding carboxylic acids is 1. The van der Waals surface area contributed by atoms with Crippen LogP contribution < -0.4 is 5.32 Å². The van der Waals surface area contributed by atoms with Gasteiger partial charge in [-0.3, -0.25) is 9.97 Å². The summed E-state index contributed by atoms with van der Waals surface area (Å²) in [5.41, 5.74) is 5.03. The number of nitriles is 1.